The van der Waals surface area contributed by atoms with E-state index in [2.05, 4.69) is 57.5 Å². The van der Waals surface area contributed by atoms with Crippen LogP contribution in [0.1, 0.15) is 12.0 Å². The standard InChI is InChI=1S/C25H27N3O2S/c1-29-20-8-5-7-18(15-20)22-12-11-21(30-2)16-19(22)17-26-13-6-14-27-25-23-9-3-4-10-24(23)31-28-25/h3-5,7-12,15-16,26H,6,13-14,17H2,1-2H3,(H,27,28). The van der Waals surface area contributed by atoms with E-state index >= 15 is 0 Å². The fraction of sp³-hybridized carbons (Fsp3) is 0.240. The molecule has 0 saturated carbocycles. The average Bonchev–Trinajstić information content (AvgIpc) is 3.24. The van der Waals surface area contributed by atoms with Crippen molar-refractivity contribution in [2.24, 2.45) is 0 Å². The summed E-state index contributed by atoms with van der Waals surface area (Å²) in [7, 11) is 3.39. The third-order valence-electron chi connectivity index (χ3n) is 5.21. The number of rotatable bonds is 10. The van der Waals surface area contributed by atoms with E-state index in [9.17, 15) is 0 Å². The Morgan fingerprint density at radius 3 is 2.58 bits per heavy atom. The van der Waals surface area contributed by atoms with Gasteiger partial charge >= 0.3 is 0 Å². The van der Waals surface area contributed by atoms with Crippen LogP contribution in [-0.2, 0) is 6.54 Å². The zero-order valence-corrected chi connectivity index (χ0v) is 18.7. The van der Waals surface area contributed by atoms with Gasteiger partial charge in [-0.2, -0.15) is 4.37 Å². The zero-order valence-electron chi connectivity index (χ0n) is 17.9. The molecule has 1 heterocycles. The summed E-state index contributed by atoms with van der Waals surface area (Å²) in [5, 5.41) is 8.22. The summed E-state index contributed by atoms with van der Waals surface area (Å²) >= 11 is 1.54. The van der Waals surface area contributed by atoms with Gasteiger partial charge in [-0.1, -0.05) is 30.3 Å². The summed E-state index contributed by atoms with van der Waals surface area (Å²) in [6, 6.07) is 22.7. The molecule has 1 aromatic heterocycles. The lowest BCUT2D eigenvalue weighted by Crippen LogP contribution is -2.18. The van der Waals surface area contributed by atoms with Gasteiger partial charge in [0.15, 0.2) is 0 Å². The maximum absolute atomic E-state index is 5.44. The van der Waals surface area contributed by atoms with Gasteiger partial charge < -0.3 is 20.1 Å². The lowest BCUT2D eigenvalue weighted by molar-refractivity contribution is 0.414. The van der Waals surface area contributed by atoms with Crippen LogP contribution in [-0.4, -0.2) is 31.7 Å². The van der Waals surface area contributed by atoms with Gasteiger partial charge in [-0.05, 0) is 77.6 Å². The van der Waals surface area contributed by atoms with Gasteiger partial charge in [-0.3, -0.25) is 0 Å². The van der Waals surface area contributed by atoms with Crippen LogP contribution < -0.4 is 20.1 Å². The van der Waals surface area contributed by atoms with Crippen molar-refractivity contribution in [2.45, 2.75) is 13.0 Å². The van der Waals surface area contributed by atoms with Crippen molar-refractivity contribution in [1.82, 2.24) is 9.69 Å². The van der Waals surface area contributed by atoms with Crippen LogP contribution in [0, 0.1) is 0 Å². The average molecular weight is 434 g/mol. The van der Waals surface area contributed by atoms with Crippen LogP contribution in [0.15, 0.2) is 66.7 Å². The number of anilines is 1. The van der Waals surface area contributed by atoms with E-state index in [1.807, 2.05) is 24.3 Å². The maximum atomic E-state index is 5.44. The third kappa shape index (κ3) is 5.16. The Balaban J connectivity index is 1.34. The van der Waals surface area contributed by atoms with Crippen molar-refractivity contribution in [2.75, 3.05) is 32.6 Å². The summed E-state index contributed by atoms with van der Waals surface area (Å²) in [5.74, 6) is 2.70. The molecule has 0 amide bonds. The predicted molar refractivity (Wildman–Crippen MR) is 129 cm³/mol. The highest BCUT2D eigenvalue weighted by atomic mass is 32.1. The van der Waals surface area contributed by atoms with E-state index in [-0.39, 0.29) is 0 Å². The summed E-state index contributed by atoms with van der Waals surface area (Å²) in [5.41, 5.74) is 3.52. The second kappa shape index (κ2) is 10.3. The van der Waals surface area contributed by atoms with Crippen LogP contribution in [0.2, 0.25) is 0 Å². The van der Waals surface area contributed by atoms with E-state index in [4.69, 9.17) is 9.47 Å². The summed E-state index contributed by atoms with van der Waals surface area (Å²) in [6.45, 7) is 2.55. The van der Waals surface area contributed by atoms with Crippen molar-refractivity contribution in [3.8, 4) is 22.6 Å². The number of benzene rings is 3. The van der Waals surface area contributed by atoms with Gasteiger partial charge in [0.05, 0.1) is 18.9 Å². The number of hydrogen-bond acceptors (Lipinski definition) is 6. The van der Waals surface area contributed by atoms with Gasteiger partial charge in [0.1, 0.15) is 17.3 Å². The highest BCUT2D eigenvalue weighted by molar-refractivity contribution is 7.13. The molecule has 0 aliphatic carbocycles. The minimum atomic E-state index is 0.767. The normalized spacial score (nSPS) is 10.9. The second-order valence-corrected chi connectivity index (χ2v) is 8.04. The smallest absolute Gasteiger partial charge is 0.147 e. The fourth-order valence-corrected chi connectivity index (χ4v) is 4.33. The molecule has 0 unspecified atom stereocenters. The largest absolute Gasteiger partial charge is 0.497 e. The predicted octanol–water partition coefficient (Wildman–Crippen LogP) is 5.57. The minimum Gasteiger partial charge on any atom is -0.497 e. The van der Waals surface area contributed by atoms with Gasteiger partial charge in [0, 0.05) is 18.5 Å². The van der Waals surface area contributed by atoms with Gasteiger partial charge in [0.2, 0.25) is 0 Å². The van der Waals surface area contributed by atoms with Gasteiger partial charge in [0.25, 0.3) is 0 Å². The van der Waals surface area contributed by atoms with E-state index in [0.29, 0.717) is 0 Å². The Labute approximate surface area is 187 Å². The molecule has 6 heteroatoms. The Hall–Kier alpha value is -3.09. The number of ether oxygens (including phenoxy) is 2. The molecule has 4 rings (SSSR count). The number of fused-ring (bicyclic) bond motifs is 1. The minimum absolute atomic E-state index is 0.767. The monoisotopic (exact) mass is 433 g/mol. The summed E-state index contributed by atoms with van der Waals surface area (Å²) in [6.07, 6.45) is 1.00. The molecule has 2 N–H and O–H groups in total. The van der Waals surface area contributed by atoms with Crippen LogP contribution >= 0.6 is 11.5 Å². The van der Waals surface area contributed by atoms with Crippen molar-refractivity contribution in [3.63, 3.8) is 0 Å². The van der Waals surface area contributed by atoms with Crippen LogP contribution in [0.5, 0.6) is 11.5 Å². The topological polar surface area (TPSA) is 55.4 Å². The number of nitrogens with one attached hydrogen (secondary N) is 2. The van der Waals surface area contributed by atoms with Crippen LogP contribution in [0.3, 0.4) is 0 Å². The fourth-order valence-electron chi connectivity index (χ4n) is 3.57. The molecule has 0 radical (unpaired) electrons. The van der Waals surface area contributed by atoms with Crippen LogP contribution in [0.25, 0.3) is 21.2 Å². The molecule has 5 nitrogen and oxygen atoms in total. The van der Waals surface area contributed by atoms with Crippen LogP contribution in [0.4, 0.5) is 5.82 Å². The van der Waals surface area contributed by atoms with E-state index in [0.717, 1.165) is 48.9 Å². The Kier molecular flexibility index (Phi) is 7.02. The molecular formula is C25H27N3O2S. The summed E-state index contributed by atoms with van der Waals surface area (Å²) < 4.78 is 16.6. The number of nitrogens with zero attached hydrogens (tertiary/aromatic N) is 1. The highest BCUT2D eigenvalue weighted by Crippen LogP contribution is 2.30. The van der Waals surface area contributed by atoms with E-state index in [1.165, 1.54) is 32.7 Å². The van der Waals surface area contributed by atoms with Gasteiger partial charge in [-0.15, -0.1) is 0 Å². The second-order valence-electron chi connectivity index (χ2n) is 7.24. The molecule has 0 spiro atoms. The molecular weight excluding hydrogens is 406 g/mol. The van der Waals surface area contributed by atoms with Crippen molar-refractivity contribution < 1.29 is 9.47 Å². The molecule has 0 bridgehead atoms. The number of methoxy groups -OCH3 is 2. The summed E-state index contributed by atoms with van der Waals surface area (Å²) in [4.78, 5) is 0. The molecule has 0 fully saturated rings. The molecule has 0 saturated heterocycles. The molecule has 0 atom stereocenters. The quantitative estimate of drug-likeness (QED) is 0.320. The van der Waals surface area contributed by atoms with Crippen molar-refractivity contribution >= 4 is 27.4 Å². The number of hydrogen-bond donors (Lipinski definition) is 2. The first-order valence-electron chi connectivity index (χ1n) is 10.4. The van der Waals surface area contributed by atoms with Crippen molar-refractivity contribution in [3.05, 3.63) is 72.3 Å². The molecule has 3 aromatic carbocycles. The lowest BCUT2D eigenvalue weighted by atomic mass is 9.99. The van der Waals surface area contributed by atoms with Gasteiger partial charge in [-0.25, -0.2) is 0 Å². The molecule has 4 aromatic rings. The first kappa shape index (κ1) is 21.2. The maximum Gasteiger partial charge on any atom is 0.147 e. The molecule has 160 valence electrons. The lowest BCUT2D eigenvalue weighted by Gasteiger charge is -2.14. The first-order chi connectivity index (χ1) is 15.3. The zero-order chi connectivity index (χ0) is 21.5. The third-order valence-corrected chi connectivity index (χ3v) is 6.04. The number of aromatic nitrogens is 1. The Morgan fingerprint density at radius 2 is 1.71 bits per heavy atom. The van der Waals surface area contributed by atoms with E-state index < -0.39 is 0 Å². The Bertz CT molecular complexity index is 1140. The highest BCUT2D eigenvalue weighted by Gasteiger charge is 2.08. The SMILES string of the molecule is COc1cccc(-c2ccc(OC)cc2CNCCCNc2nsc3ccccc23)c1. The molecule has 31 heavy (non-hydrogen) atoms. The van der Waals surface area contributed by atoms with Crippen molar-refractivity contribution in [1.29, 1.82) is 0 Å². The van der Waals surface area contributed by atoms with E-state index in [1.54, 1.807) is 14.2 Å². The first-order valence-corrected chi connectivity index (χ1v) is 11.2. The Morgan fingerprint density at radius 1 is 0.871 bits per heavy atom. The molecule has 0 aliphatic rings. The molecule has 0 aliphatic heterocycles.